The van der Waals surface area contributed by atoms with E-state index in [2.05, 4.69) is 27.7 Å². The maximum Gasteiger partial charge on any atom is 0.472 e. The van der Waals surface area contributed by atoms with Gasteiger partial charge in [-0.1, -0.05) is 368 Å². The largest absolute Gasteiger partial charge is 0.472 e. The van der Waals surface area contributed by atoms with Crippen molar-refractivity contribution < 1.29 is 80.2 Å². The Morgan fingerprint density at radius 3 is 0.608 bits per heavy atom. The van der Waals surface area contributed by atoms with Crippen LogP contribution in [-0.2, 0) is 65.4 Å². The first-order valence-corrected chi connectivity index (χ1v) is 43.8. The van der Waals surface area contributed by atoms with E-state index in [1.165, 1.54) is 250 Å². The van der Waals surface area contributed by atoms with E-state index in [1.54, 1.807) is 0 Å². The molecule has 2 unspecified atom stereocenters. The molecule has 0 spiro atoms. The normalized spacial score (nSPS) is 13.8. The molecule has 0 aromatic heterocycles. The number of unbranched alkanes of at least 4 members (excludes halogenated alkanes) is 53. The van der Waals surface area contributed by atoms with E-state index >= 15 is 0 Å². The van der Waals surface area contributed by atoms with E-state index in [4.69, 9.17) is 37.0 Å². The number of ether oxygens (including phenoxy) is 4. The first-order valence-electron chi connectivity index (χ1n) is 40.8. The monoisotopic (exact) mass is 1420 g/mol. The molecule has 5 atom stereocenters. The number of aliphatic hydroxyl groups is 1. The van der Waals surface area contributed by atoms with Crippen LogP contribution in [0.15, 0.2) is 0 Å². The molecular weight excluding hydrogens is 1270 g/mol. The van der Waals surface area contributed by atoms with Crippen molar-refractivity contribution in [1.29, 1.82) is 0 Å². The SMILES string of the molecule is CCCCCCCCCCCCCCCCCCCCCCCC(=O)O[C@H](COC(=O)CCCCCCCCCCCCCCCCCC)COP(=O)(O)OC[C@@H](O)COP(=O)(O)OC[C@@H](COC(=O)CCCCCCCCCCCC)OC(=O)CCCCCCCCCCCC. The van der Waals surface area contributed by atoms with Crippen LogP contribution in [0.1, 0.15) is 419 Å². The second-order valence-electron chi connectivity index (χ2n) is 28.1. The molecule has 0 aliphatic carbocycles. The summed E-state index contributed by atoms with van der Waals surface area (Å²) in [6.07, 6.45) is 63.9. The standard InChI is InChI=1S/C78H152O17P2/c1-5-9-13-17-21-25-29-31-33-35-36-37-38-39-41-43-45-49-53-57-61-65-78(83)95-74(69-89-76(81)63-59-55-51-48-44-42-40-34-32-30-26-22-18-14-10-6-2)71-93-97(86,87)91-67-72(79)66-90-96(84,85)92-70-73(94-77(82)64-60-56-52-47-28-24-20-16-12-8-4)68-88-75(80)62-58-54-50-46-27-23-19-15-11-7-3/h72-74,79H,5-71H2,1-4H3,(H,84,85)(H,86,87)/t72-,73+,74+/m0/s1. The lowest BCUT2D eigenvalue weighted by atomic mass is 10.0. The van der Waals surface area contributed by atoms with Crippen molar-refractivity contribution in [2.24, 2.45) is 0 Å². The Balaban J connectivity index is 5.18. The van der Waals surface area contributed by atoms with Crippen LogP contribution in [0.3, 0.4) is 0 Å². The zero-order chi connectivity index (χ0) is 71.1. The van der Waals surface area contributed by atoms with Gasteiger partial charge < -0.3 is 33.8 Å². The highest BCUT2D eigenvalue weighted by molar-refractivity contribution is 7.47. The first-order chi connectivity index (χ1) is 47.2. The predicted molar refractivity (Wildman–Crippen MR) is 395 cm³/mol. The Morgan fingerprint density at radius 1 is 0.247 bits per heavy atom. The number of rotatable bonds is 79. The van der Waals surface area contributed by atoms with Crippen LogP contribution in [-0.4, -0.2) is 96.7 Å². The van der Waals surface area contributed by atoms with E-state index in [1.807, 2.05) is 0 Å². The van der Waals surface area contributed by atoms with Crippen LogP contribution in [0, 0.1) is 0 Å². The van der Waals surface area contributed by atoms with Gasteiger partial charge in [0, 0.05) is 25.7 Å². The zero-order valence-corrected chi connectivity index (χ0v) is 64.8. The number of hydrogen-bond acceptors (Lipinski definition) is 15. The average Bonchev–Trinajstić information content (AvgIpc) is 2.58. The van der Waals surface area contributed by atoms with Crippen LogP contribution >= 0.6 is 15.6 Å². The van der Waals surface area contributed by atoms with E-state index in [9.17, 15) is 43.2 Å². The van der Waals surface area contributed by atoms with Crippen LogP contribution in [0.5, 0.6) is 0 Å². The molecule has 0 heterocycles. The van der Waals surface area contributed by atoms with Gasteiger partial charge in [0.25, 0.3) is 0 Å². The van der Waals surface area contributed by atoms with Gasteiger partial charge in [-0.2, -0.15) is 0 Å². The molecule has 0 rings (SSSR count). The van der Waals surface area contributed by atoms with Gasteiger partial charge in [-0.25, -0.2) is 9.13 Å². The third kappa shape index (κ3) is 72.2. The molecule has 0 aliphatic heterocycles. The summed E-state index contributed by atoms with van der Waals surface area (Å²) >= 11 is 0. The Kier molecular flexibility index (Phi) is 71.0. The minimum absolute atomic E-state index is 0.107. The van der Waals surface area contributed by atoms with Gasteiger partial charge in [0.05, 0.1) is 26.4 Å². The van der Waals surface area contributed by atoms with Crippen LogP contribution in [0.4, 0.5) is 0 Å². The summed E-state index contributed by atoms with van der Waals surface area (Å²) in [6.45, 7) is 4.98. The van der Waals surface area contributed by atoms with Crippen molar-refractivity contribution in [2.75, 3.05) is 39.6 Å². The van der Waals surface area contributed by atoms with E-state index in [-0.39, 0.29) is 25.7 Å². The molecule has 0 aromatic carbocycles. The number of esters is 4. The average molecular weight is 1420 g/mol. The number of phosphoric acid groups is 2. The first kappa shape index (κ1) is 95.1. The Hall–Kier alpha value is -1.94. The lowest BCUT2D eigenvalue weighted by Crippen LogP contribution is -2.30. The smallest absolute Gasteiger partial charge is 0.462 e. The third-order valence-electron chi connectivity index (χ3n) is 18.4. The fraction of sp³-hybridized carbons (Fsp3) is 0.949. The minimum atomic E-state index is -4.96. The summed E-state index contributed by atoms with van der Waals surface area (Å²) in [5.41, 5.74) is 0. The summed E-state index contributed by atoms with van der Waals surface area (Å²) in [5.74, 6) is -2.11. The molecule has 576 valence electrons. The van der Waals surface area contributed by atoms with E-state index < -0.39 is 97.5 Å². The zero-order valence-electron chi connectivity index (χ0n) is 63.1. The van der Waals surface area contributed by atoms with Gasteiger partial charge in [0.2, 0.25) is 0 Å². The van der Waals surface area contributed by atoms with Crippen molar-refractivity contribution in [2.45, 2.75) is 438 Å². The van der Waals surface area contributed by atoms with Crippen LogP contribution in [0.2, 0.25) is 0 Å². The molecule has 19 heteroatoms. The molecule has 97 heavy (non-hydrogen) atoms. The highest BCUT2D eigenvalue weighted by Crippen LogP contribution is 2.45. The molecule has 0 fully saturated rings. The van der Waals surface area contributed by atoms with Crippen molar-refractivity contribution in [3.63, 3.8) is 0 Å². The summed E-state index contributed by atoms with van der Waals surface area (Å²) in [7, 11) is -9.91. The summed E-state index contributed by atoms with van der Waals surface area (Å²) in [5, 5.41) is 10.6. The fourth-order valence-electron chi connectivity index (χ4n) is 12.1. The van der Waals surface area contributed by atoms with Crippen molar-refractivity contribution in [3.05, 3.63) is 0 Å². The molecule has 0 saturated heterocycles. The van der Waals surface area contributed by atoms with Crippen molar-refractivity contribution in [1.82, 2.24) is 0 Å². The predicted octanol–water partition coefficient (Wildman–Crippen LogP) is 23.4. The molecule has 0 aromatic rings. The maximum absolute atomic E-state index is 13.1. The molecule has 0 radical (unpaired) electrons. The molecular formula is C78H152O17P2. The lowest BCUT2D eigenvalue weighted by Gasteiger charge is -2.21. The van der Waals surface area contributed by atoms with Gasteiger partial charge in [0.15, 0.2) is 12.2 Å². The second-order valence-corrected chi connectivity index (χ2v) is 31.0. The topological polar surface area (TPSA) is 237 Å². The summed E-state index contributed by atoms with van der Waals surface area (Å²) in [4.78, 5) is 72.8. The Labute approximate surface area is 594 Å². The summed E-state index contributed by atoms with van der Waals surface area (Å²) in [6, 6.07) is 0. The Morgan fingerprint density at radius 2 is 0.412 bits per heavy atom. The molecule has 0 saturated carbocycles. The van der Waals surface area contributed by atoms with E-state index in [0.29, 0.717) is 25.7 Å². The van der Waals surface area contributed by atoms with Gasteiger partial charge in [-0.3, -0.25) is 37.3 Å². The van der Waals surface area contributed by atoms with Crippen LogP contribution in [0.25, 0.3) is 0 Å². The fourth-order valence-corrected chi connectivity index (χ4v) is 13.7. The molecule has 0 amide bonds. The number of phosphoric ester groups is 2. The van der Waals surface area contributed by atoms with Crippen molar-refractivity contribution >= 4 is 39.5 Å². The van der Waals surface area contributed by atoms with E-state index in [0.717, 1.165) is 89.9 Å². The molecule has 3 N–H and O–H groups in total. The highest BCUT2D eigenvalue weighted by atomic mass is 31.2. The molecule has 0 aliphatic rings. The van der Waals surface area contributed by atoms with Gasteiger partial charge >= 0.3 is 39.5 Å². The summed E-state index contributed by atoms with van der Waals surface area (Å²) < 4.78 is 68.5. The maximum atomic E-state index is 13.1. The minimum Gasteiger partial charge on any atom is -0.462 e. The number of carbonyl (C=O) groups is 4. The highest BCUT2D eigenvalue weighted by Gasteiger charge is 2.30. The quantitative estimate of drug-likeness (QED) is 0.0222. The second kappa shape index (κ2) is 72.4. The Bertz CT molecular complexity index is 1840. The lowest BCUT2D eigenvalue weighted by molar-refractivity contribution is -0.161. The number of carbonyl (C=O) groups excluding carboxylic acids is 4. The van der Waals surface area contributed by atoms with Gasteiger partial charge in [0.1, 0.15) is 19.3 Å². The van der Waals surface area contributed by atoms with Gasteiger partial charge in [-0.15, -0.1) is 0 Å². The van der Waals surface area contributed by atoms with Crippen LogP contribution < -0.4 is 0 Å². The number of aliphatic hydroxyl groups excluding tert-OH is 1. The number of hydrogen-bond donors (Lipinski definition) is 3. The molecule has 17 nitrogen and oxygen atoms in total. The van der Waals surface area contributed by atoms with Crippen molar-refractivity contribution in [3.8, 4) is 0 Å². The third-order valence-corrected chi connectivity index (χ3v) is 20.3. The van der Waals surface area contributed by atoms with Gasteiger partial charge in [-0.05, 0) is 25.7 Å². The molecule has 0 bridgehead atoms.